The van der Waals surface area contributed by atoms with Crippen molar-refractivity contribution in [1.29, 1.82) is 0 Å². The van der Waals surface area contributed by atoms with Gasteiger partial charge in [-0.3, -0.25) is 14.3 Å². The Morgan fingerprint density at radius 2 is 1.66 bits per heavy atom. The van der Waals surface area contributed by atoms with Crippen molar-refractivity contribution in [1.82, 2.24) is 19.7 Å². The smallest absolute Gasteiger partial charge is 0.196 e. The summed E-state index contributed by atoms with van der Waals surface area (Å²) in [4.78, 5) is 16.6. The first-order chi connectivity index (χ1) is 14.3. The van der Waals surface area contributed by atoms with E-state index in [2.05, 4.69) is 46.4 Å². The number of hydrogen-bond acceptors (Lipinski definition) is 5. The zero-order valence-corrected chi connectivity index (χ0v) is 16.8. The maximum Gasteiger partial charge on any atom is 0.196 e. The number of aromatic nitrogens is 4. The lowest BCUT2D eigenvalue weighted by Crippen LogP contribution is -2.05. The van der Waals surface area contributed by atoms with Gasteiger partial charge in [-0.1, -0.05) is 61.2 Å². The molecule has 0 fully saturated rings. The van der Waals surface area contributed by atoms with E-state index in [4.69, 9.17) is 0 Å². The molecule has 0 atom stereocenters. The molecule has 0 amide bonds. The number of thioether (sulfide) groups is 1. The van der Waals surface area contributed by atoms with Crippen molar-refractivity contribution in [3.63, 3.8) is 0 Å². The summed E-state index contributed by atoms with van der Waals surface area (Å²) in [5.41, 5.74) is 3.86. The highest BCUT2D eigenvalue weighted by Gasteiger charge is 2.17. The summed E-state index contributed by atoms with van der Waals surface area (Å²) in [5, 5.41) is 9.48. The average molecular weight is 401 g/mol. The molecule has 0 radical (unpaired) electrons. The third kappa shape index (κ3) is 4.27. The molecule has 6 heteroatoms. The lowest BCUT2D eigenvalue weighted by atomic mass is 10.1. The van der Waals surface area contributed by atoms with Gasteiger partial charge in [0.25, 0.3) is 0 Å². The van der Waals surface area contributed by atoms with Crippen LogP contribution < -0.4 is 0 Å². The van der Waals surface area contributed by atoms with Crippen LogP contribution in [0.15, 0.2) is 84.3 Å². The van der Waals surface area contributed by atoms with Crippen LogP contribution in [0.2, 0.25) is 0 Å². The SMILES string of the molecule is CCc1ccc(-n2c(SCC(=O)c3ccccc3)nnc2-c2ccncc2)cc1. The topological polar surface area (TPSA) is 60.7 Å². The van der Waals surface area contributed by atoms with Crippen molar-refractivity contribution >= 4 is 17.5 Å². The molecule has 2 aromatic heterocycles. The summed E-state index contributed by atoms with van der Waals surface area (Å²) in [6.07, 6.45) is 4.45. The molecule has 0 saturated carbocycles. The highest BCUT2D eigenvalue weighted by atomic mass is 32.2. The van der Waals surface area contributed by atoms with Crippen molar-refractivity contribution in [3.8, 4) is 17.1 Å². The molecule has 4 aromatic rings. The van der Waals surface area contributed by atoms with Crippen LogP contribution >= 0.6 is 11.8 Å². The van der Waals surface area contributed by atoms with Crippen molar-refractivity contribution in [3.05, 3.63) is 90.3 Å². The molecule has 0 unspecified atom stereocenters. The van der Waals surface area contributed by atoms with Crippen LogP contribution in [0, 0.1) is 0 Å². The standard InChI is InChI=1S/C23H20N4OS/c1-2-17-8-10-20(11-9-17)27-22(19-12-14-24-15-13-19)25-26-23(27)29-16-21(28)18-6-4-3-5-7-18/h3-15H,2,16H2,1H3. The summed E-state index contributed by atoms with van der Waals surface area (Å²) < 4.78 is 2.00. The number of carbonyl (C=O) groups is 1. The lowest BCUT2D eigenvalue weighted by Gasteiger charge is -2.11. The fraction of sp³-hybridized carbons (Fsp3) is 0.130. The average Bonchev–Trinajstić information content (AvgIpc) is 3.22. The maximum atomic E-state index is 12.5. The Labute approximate surface area is 173 Å². The molecule has 29 heavy (non-hydrogen) atoms. The molecule has 5 nitrogen and oxygen atoms in total. The summed E-state index contributed by atoms with van der Waals surface area (Å²) >= 11 is 1.39. The fourth-order valence-electron chi connectivity index (χ4n) is 3.00. The maximum absolute atomic E-state index is 12.5. The van der Waals surface area contributed by atoms with E-state index < -0.39 is 0 Å². The predicted octanol–water partition coefficient (Wildman–Crippen LogP) is 4.87. The molecule has 0 N–H and O–H groups in total. The van der Waals surface area contributed by atoms with Crippen LogP contribution in [0.1, 0.15) is 22.8 Å². The number of ketones is 1. The fourth-order valence-corrected chi connectivity index (χ4v) is 3.85. The van der Waals surface area contributed by atoms with Gasteiger partial charge in [-0.2, -0.15) is 0 Å². The van der Waals surface area contributed by atoms with Crippen LogP contribution in [-0.4, -0.2) is 31.3 Å². The zero-order chi connectivity index (χ0) is 20.1. The number of aryl methyl sites for hydroxylation is 1. The van der Waals surface area contributed by atoms with E-state index in [1.807, 2.05) is 47.0 Å². The number of rotatable bonds is 7. The van der Waals surface area contributed by atoms with Crippen LogP contribution in [0.25, 0.3) is 17.1 Å². The minimum atomic E-state index is 0.0666. The first-order valence-electron chi connectivity index (χ1n) is 9.42. The van der Waals surface area contributed by atoms with Crippen LogP contribution in [-0.2, 0) is 6.42 Å². The molecular weight excluding hydrogens is 380 g/mol. The Kier molecular flexibility index (Phi) is 5.81. The van der Waals surface area contributed by atoms with Gasteiger partial charge in [0.05, 0.1) is 5.75 Å². The van der Waals surface area contributed by atoms with E-state index >= 15 is 0 Å². The van der Waals surface area contributed by atoms with Gasteiger partial charge in [0, 0.05) is 29.2 Å². The first kappa shape index (κ1) is 19.1. The van der Waals surface area contributed by atoms with Gasteiger partial charge in [0.2, 0.25) is 0 Å². The van der Waals surface area contributed by atoms with Gasteiger partial charge in [0.15, 0.2) is 16.8 Å². The summed E-state index contributed by atoms with van der Waals surface area (Å²) in [5.74, 6) is 1.09. The molecule has 0 aliphatic heterocycles. The van der Waals surface area contributed by atoms with Gasteiger partial charge in [0.1, 0.15) is 0 Å². The molecule has 0 spiro atoms. The Bertz CT molecular complexity index is 1090. The second kappa shape index (κ2) is 8.84. The molecule has 0 aliphatic carbocycles. The highest BCUT2D eigenvalue weighted by Crippen LogP contribution is 2.28. The second-order valence-electron chi connectivity index (χ2n) is 6.48. The number of nitrogens with zero attached hydrogens (tertiary/aromatic N) is 4. The minimum Gasteiger partial charge on any atom is -0.293 e. The van der Waals surface area contributed by atoms with Crippen molar-refractivity contribution in [2.24, 2.45) is 0 Å². The Hall–Kier alpha value is -3.25. The van der Waals surface area contributed by atoms with E-state index in [0.717, 1.165) is 23.5 Å². The summed E-state index contributed by atoms with van der Waals surface area (Å²) in [7, 11) is 0. The second-order valence-corrected chi connectivity index (χ2v) is 7.42. The quantitative estimate of drug-likeness (QED) is 0.327. The van der Waals surface area contributed by atoms with E-state index in [1.165, 1.54) is 17.3 Å². The van der Waals surface area contributed by atoms with Gasteiger partial charge >= 0.3 is 0 Å². The molecule has 2 heterocycles. The number of benzene rings is 2. The zero-order valence-electron chi connectivity index (χ0n) is 16.0. The third-order valence-corrected chi connectivity index (χ3v) is 5.53. The molecule has 2 aromatic carbocycles. The number of carbonyl (C=O) groups excluding carboxylic acids is 1. The van der Waals surface area contributed by atoms with Gasteiger partial charge in [-0.05, 0) is 36.2 Å². The molecule has 0 aliphatic rings. The van der Waals surface area contributed by atoms with E-state index in [9.17, 15) is 4.79 Å². The monoisotopic (exact) mass is 400 g/mol. The largest absolute Gasteiger partial charge is 0.293 e. The predicted molar refractivity (Wildman–Crippen MR) is 115 cm³/mol. The van der Waals surface area contributed by atoms with Gasteiger partial charge in [-0.15, -0.1) is 10.2 Å². The first-order valence-corrected chi connectivity index (χ1v) is 10.4. The summed E-state index contributed by atoms with van der Waals surface area (Å²) in [6.45, 7) is 2.13. The number of Topliss-reactive ketones (excluding diaryl/α,β-unsaturated/α-hetero) is 1. The number of pyridine rings is 1. The summed E-state index contributed by atoms with van der Waals surface area (Å²) in [6, 6.07) is 21.5. The third-order valence-electron chi connectivity index (χ3n) is 4.60. The van der Waals surface area contributed by atoms with E-state index in [1.54, 1.807) is 12.4 Å². The van der Waals surface area contributed by atoms with Crippen molar-refractivity contribution in [2.75, 3.05) is 5.75 Å². The lowest BCUT2D eigenvalue weighted by molar-refractivity contribution is 0.102. The van der Waals surface area contributed by atoms with E-state index in [-0.39, 0.29) is 5.78 Å². The molecule has 0 bridgehead atoms. The molecule has 0 saturated heterocycles. The van der Waals surface area contributed by atoms with Gasteiger partial charge in [-0.25, -0.2) is 0 Å². The van der Waals surface area contributed by atoms with E-state index in [0.29, 0.717) is 16.5 Å². The normalized spacial score (nSPS) is 10.8. The van der Waals surface area contributed by atoms with Gasteiger partial charge < -0.3 is 0 Å². The van der Waals surface area contributed by atoms with Crippen LogP contribution in [0.3, 0.4) is 0 Å². The molecular formula is C23H20N4OS. The van der Waals surface area contributed by atoms with Crippen LogP contribution in [0.4, 0.5) is 0 Å². The Morgan fingerprint density at radius 3 is 2.34 bits per heavy atom. The Morgan fingerprint density at radius 1 is 0.931 bits per heavy atom. The Balaban J connectivity index is 1.68. The molecule has 144 valence electrons. The van der Waals surface area contributed by atoms with Crippen molar-refractivity contribution in [2.45, 2.75) is 18.5 Å². The van der Waals surface area contributed by atoms with Crippen LogP contribution in [0.5, 0.6) is 0 Å². The minimum absolute atomic E-state index is 0.0666. The van der Waals surface area contributed by atoms with Crippen molar-refractivity contribution < 1.29 is 4.79 Å². The number of hydrogen-bond donors (Lipinski definition) is 0. The molecule has 4 rings (SSSR count). The highest BCUT2D eigenvalue weighted by molar-refractivity contribution is 7.99.